The van der Waals surface area contributed by atoms with E-state index in [2.05, 4.69) is 5.32 Å². The van der Waals surface area contributed by atoms with Crippen molar-refractivity contribution >= 4 is 0 Å². The average Bonchev–Trinajstić information content (AvgIpc) is 2.35. The van der Waals surface area contributed by atoms with Gasteiger partial charge in [-0.1, -0.05) is 0 Å². The number of halogens is 1. The van der Waals surface area contributed by atoms with Crippen LogP contribution < -0.4 is 10.1 Å². The molecule has 0 bridgehead atoms. The number of hydrogen-bond donors (Lipinski definition) is 1. The van der Waals surface area contributed by atoms with E-state index in [1.54, 1.807) is 13.2 Å². The van der Waals surface area contributed by atoms with Gasteiger partial charge in [-0.2, -0.15) is 0 Å². The van der Waals surface area contributed by atoms with Crippen LogP contribution in [0.2, 0.25) is 0 Å². The van der Waals surface area contributed by atoms with E-state index in [4.69, 9.17) is 9.47 Å². The molecule has 4 heteroatoms. The van der Waals surface area contributed by atoms with Gasteiger partial charge in [0.05, 0.1) is 6.10 Å². The van der Waals surface area contributed by atoms with Crippen LogP contribution in [0.4, 0.5) is 4.39 Å². The minimum absolute atomic E-state index is 0.0118. The second-order valence-electron chi connectivity index (χ2n) is 4.05. The van der Waals surface area contributed by atoms with Gasteiger partial charge in [0.15, 0.2) is 0 Å². The Morgan fingerprint density at radius 1 is 1.35 bits per heavy atom. The fourth-order valence-corrected chi connectivity index (χ4v) is 1.42. The lowest BCUT2D eigenvalue weighted by Gasteiger charge is -2.18. The molecule has 1 aromatic rings. The van der Waals surface area contributed by atoms with E-state index >= 15 is 0 Å². The Bertz CT molecular complexity index is 357. The highest BCUT2D eigenvalue weighted by molar-refractivity contribution is 5.36. The fourth-order valence-electron chi connectivity index (χ4n) is 1.42. The highest BCUT2D eigenvalue weighted by Crippen LogP contribution is 2.26. The predicted octanol–water partition coefficient (Wildman–Crippen LogP) is 2.52. The van der Waals surface area contributed by atoms with Gasteiger partial charge in [0.25, 0.3) is 0 Å². The first-order valence-electron chi connectivity index (χ1n) is 5.70. The van der Waals surface area contributed by atoms with Gasteiger partial charge < -0.3 is 14.8 Å². The summed E-state index contributed by atoms with van der Waals surface area (Å²) in [4.78, 5) is 0. The standard InChI is InChI=1S/C13H20FNO2/c1-9(16-4)8-17-13-6-5-11(14)7-12(13)10(2)15-3/h5-7,9-10,15H,8H2,1-4H3. The Kier molecular flexibility index (Phi) is 5.38. The molecular formula is C13H20FNO2. The van der Waals surface area contributed by atoms with Gasteiger partial charge >= 0.3 is 0 Å². The van der Waals surface area contributed by atoms with Crippen LogP contribution >= 0.6 is 0 Å². The monoisotopic (exact) mass is 241 g/mol. The third kappa shape index (κ3) is 3.98. The summed E-state index contributed by atoms with van der Waals surface area (Å²) in [5.74, 6) is 0.436. The first-order chi connectivity index (χ1) is 8.08. The van der Waals surface area contributed by atoms with Gasteiger partial charge in [-0.3, -0.25) is 0 Å². The van der Waals surface area contributed by atoms with Gasteiger partial charge in [0.1, 0.15) is 18.2 Å². The molecule has 1 aromatic carbocycles. The van der Waals surface area contributed by atoms with Crippen LogP contribution in [0.15, 0.2) is 18.2 Å². The van der Waals surface area contributed by atoms with Crippen LogP contribution in [0.3, 0.4) is 0 Å². The summed E-state index contributed by atoms with van der Waals surface area (Å²) in [6.45, 7) is 4.33. The summed E-state index contributed by atoms with van der Waals surface area (Å²) in [6, 6.07) is 4.59. The van der Waals surface area contributed by atoms with Crippen molar-refractivity contribution in [1.29, 1.82) is 0 Å². The summed E-state index contributed by atoms with van der Waals surface area (Å²) in [6.07, 6.45) is 0.0118. The molecule has 1 N–H and O–H groups in total. The summed E-state index contributed by atoms with van der Waals surface area (Å²) >= 11 is 0. The smallest absolute Gasteiger partial charge is 0.124 e. The molecule has 0 heterocycles. The van der Waals surface area contributed by atoms with Crippen LogP contribution in [-0.4, -0.2) is 26.9 Å². The van der Waals surface area contributed by atoms with Crippen LogP contribution in [0.1, 0.15) is 25.5 Å². The Morgan fingerprint density at radius 2 is 2.06 bits per heavy atom. The maximum Gasteiger partial charge on any atom is 0.124 e. The summed E-state index contributed by atoms with van der Waals surface area (Å²) in [7, 11) is 3.47. The van der Waals surface area contributed by atoms with Crippen molar-refractivity contribution in [3.8, 4) is 5.75 Å². The maximum absolute atomic E-state index is 13.2. The predicted molar refractivity (Wildman–Crippen MR) is 65.8 cm³/mol. The molecule has 1 rings (SSSR count). The van der Waals surface area contributed by atoms with Crippen LogP contribution in [0, 0.1) is 5.82 Å². The van der Waals surface area contributed by atoms with Crippen molar-refractivity contribution in [2.24, 2.45) is 0 Å². The van der Waals surface area contributed by atoms with E-state index in [1.165, 1.54) is 12.1 Å². The zero-order valence-electron chi connectivity index (χ0n) is 10.8. The number of nitrogens with one attached hydrogen (secondary N) is 1. The highest BCUT2D eigenvalue weighted by atomic mass is 19.1. The molecule has 0 radical (unpaired) electrons. The molecule has 3 nitrogen and oxygen atoms in total. The molecular weight excluding hydrogens is 221 g/mol. The summed E-state index contributed by atoms with van der Waals surface area (Å²) in [5.41, 5.74) is 0.816. The molecule has 0 aromatic heterocycles. The molecule has 0 amide bonds. The van der Waals surface area contributed by atoms with Crippen LogP contribution in [0.5, 0.6) is 5.75 Å². The second kappa shape index (κ2) is 6.57. The van der Waals surface area contributed by atoms with Crippen LogP contribution in [-0.2, 0) is 4.74 Å². The van der Waals surface area contributed by atoms with Gasteiger partial charge in [-0.15, -0.1) is 0 Å². The zero-order chi connectivity index (χ0) is 12.8. The lowest BCUT2D eigenvalue weighted by molar-refractivity contribution is 0.0711. The summed E-state index contributed by atoms with van der Waals surface area (Å²) in [5, 5.41) is 3.07. The maximum atomic E-state index is 13.2. The Morgan fingerprint density at radius 3 is 2.65 bits per heavy atom. The van der Waals surface area contributed by atoms with E-state index in [-0.39, 0.29) is 18.0 Å². The molecule has 0 fully saturated rings. The number of ether oxygens (including phenoxy) is 2. The molecule has 96 valence electrons. The van der Waals surface area contributed by atoms with Crippen molar-refractivity contribution in [3.63, 3.8) is 0 Å². The third-order valence-corrected chi connectivity index (χ3v) is 2.75. The van der Waals surface area contributed by atoms with E-state index < -0.39 is 0 Å². The normalized spacial score (nSPS) is 14.4. The fraction of sp³-hybridized carbons (Fsp3) is 0.538. The number of hydrogen-bond acceptors (Lipinski definition) is 3. The zero-order valence-corrected chi connectivity index (χ0v) is 10.8. The first kappa shape index (κ1) is 13.9. The van der Waals surface area contributed by atoms with Crippen molar-refractivity contribution in [2.75, 3.05) is 20.8 Å². The molecule has 0 aliphatic carbocycles. The Balaban J connectivity index is 2.83. The third-order valence-electron chi connectivity index (χ3n) is 2.75. The van der Waals surface area contributed by atoms with Crippen molar-refractivity contribution in [3.05, 3.63) is 29.6 Å². The lowest BCUT2D eigenvalue weighted by Crippen LogP contribution is -2.19. The van der Waals surface area contributed by atoms with Gasteiger partial charge in [-0.05, 0) is 39.1 Å². The van der Waals surface area contributed by atoms with Gasteiger partial charge in [0, 0.05) is 18.7 Å². The Labute approximate surface area is 102 Å². The molecule has 2 atom stereocenters. The number of methoxy groups -OCH3 is 1. The molecule has 0 saturated carbocycles. The lowest BCUT2D eigenvalue weighted by atomic mass is 10.1. The molecule has 0 aliphatic heterocycles. The van der Waals surface area contributed by atoms with Crippen molar-refractivity contribution in [1.82, 2.24) is 5.32 Å². The quantitative estimate of drug-likeness (QED) is 0.830. The largest absolute Gasteiger partial charge is 0.491 e. The Hall–Kier alpha value is -1.13. The van der Waals surface area contributed by atoms with Gasteiger partial charge in [0.2, 0.25) is 0 Å². The molecule has 0 saturated heterocycles. The second-order valence-corrected chi connectivity index (χ2v) is 4.05. The first-order valence-corrected chi connectivity index (χ1v) is 5.70. The molecule has 0 aliphatic rings. The topological polar surface area (TPSA) is 30.5 Å². The van der Waals surface area contributed by atoms with E-state index in [1.807, 2.05) is 20.9 Å². The van der Waals surface area contributed by atoms with Crippen molar-refractivity contribution < 1.29 is 13.9 Å². The van der Waals surface area contributed by atoms with Crippen molar-refractivity contribution in [2.45, 2.75) is 26.0 Å². The minimum atomic E-state index is -0.255. The summed E-state index contributed by atoms with van der Waals surface area (Å²) < 4.78 is 23.9. The minimum Gasteiger partial charge on any atom is -0.491 e. The number of rotatable bonds is 6. The molecule has 17 heavy (non-hydrogen) atoms. The highest BCUT2D eigenvalue weighted by Gasteiger charge is 2.12. The van der Waals surface area contributed by atoms with E-state index in [0.29, 0.717) is 12.4 Å². The SMILES string of the molecule is CNC(C)c1cc(F)ccc1OCC(C)OC. The van der Waals surface area contributed by atoms with Crippen LogP contribution in [0.25, 0.3) is 0 Å². The number of benzene rings is 1. The molecule has 0 spiro atoms. The average molecular weight is 241 g/mol. The van der Waals surface area contributed by atoms with E-state index in [0.717, 1.165) is 5.56 Å². The van der Waals surface area contributed by atoms with E-state index in [9.17, 15) is 4.39 Å². The molecule has 2 unspecified atom stereocenters. The van der Waals surface area contributed by atoms with Gasteiger partial charge in [-0.25, -0.2) is 4.39 Å².